The first-order valence-corrected chi connectivity index (χ1v) is 2.24. The minimum Gasteiger partial charge on any atom is -0.479 e. The van der Waals surface area contributed by atoms with E-state index in [9.17, 15) is 9.59 Å². The van der Waals surface area contributed by atoms with Crippen LogP contribution in [0.5, 0.6) is 0 Å². The van der Waals surface area contributed by atoms with Gasteiger partial charge in [0, 0.05) is 0 Å². The molecule has 0 saturated heterocycles. The number of hydrogen-bond donors (Lipinski definition) is 3. The Balaban J connectivity index is 4.00. The van der Waals surface area contributed by atoms with Gasteiger partial charge in [-0.15, -0.1) is 0 Å². The lowest BCUT2D eigenvalue weighted by Crippen LogP contribution is -2.56. The monoisotopic (exact) mass is 132 g/mol. The van der Waals surface area contributed by atoms with Crippen LogP contribution in [0, 0.1) is 0 Å². The van der Waals surface area contributed by atoms with Crippen LogP contribution in [0.2, 0.25) is 0 Å². The van der Waals surface area contributed by atoms with E-state index in [1.807, 2.05) is 5.32 Å². The number of hydrogen-bond acceptors (Lipinski definition) is 3. The molecule has 0 spiro atoms. The molecule has 5 heteroatoms. The number of nitrogens with one attached hydrogen (secondary N) is 1. The smallest absolute Gasteiger partial charge is 0.344 e. The Morgan fingerprint density at radius 3 is 2.44 bits per heavy atom. The number of amides is 1. The zero-order chi connectivity index (χ0) is 7.49. The van der Waals surface area contributed by atoms with Crippen LogP contribution in [0.25, 0.3) is 0 Å². The molecule has 0 radical (unpaired) electrons. The van der Waals surface area contributed by atoms with Crippen molar-refractivity contribution in [1.29, 1.82) is 0 Å². The molecule has 0 aliphatic heterocycles. The summed E-state index contributed by atoms with van der Waals surface area (Å²) in [5, 5.41) is 10.1. The van der Waals surface area contributed by atoms with E-state index in [1.54, 1.807) is 0 Å². The number of nitrogens with two attached hydrogens (primary N) is 1. The largest absolute Gasteiger partial charge is 0.479 e. The van der Waals surface area contributed by atoms with Gasteiger partial charge in [-0.2, -0.15) is 0 Å². The SMILES string of the molecule is CC(N)(NC=O)C(=O)O. The Morgan fingerprint density at radius 1 is 1.89 bits per heavy atom. The first-order chi connectivity index (χ1) is 4.00. The van der Waals surface area contributed by atoms with Gasteiger partial charge in [0.25, 0.3) is 0 Å². The van der Waals surface area contributed by atoms with Crippen molar-refractivity contribution in [3.8, 4) is 0 Å². The Hall–Kier alpha value is -1.10. The lowest BCUT2D eigenvalue weighted by molar-refractivity contribution is -0.145. The maximum absolute atomic E-state index is 10.1. The molecule has 0 bridgehead atoms. The minimum absolute atomic E-state index is 0.244. The second kappa shape index (κ2) is 2.45. The summed E-state index contributed by atoms with van der Waals surface area (Å²) in [5.41, 5.74) is 3.38. The summed E-state index contributed by atoms with van der Waals surface area (Å²) in [7, 11) is 0. The van der Waals surface area contributed by atoms with Crippen LogP contribution in [-0.4, -0.2) is 23.1 Å². The van der Waals surface area contributed by atoms with E-state index < -0.39 is 11.6 Å². The highest BCUT2D eigenvalue weighted by atomic mass is 16.4. The Labute approximate surface area is 51.8 Å². The van der Waals surface area contributed by atoms with Gasteiger partial charge in [-0.3, -0.25) is 10.5 Å². The van der Waals surface area contributed by atoms with Crippen molar-refractivity contribution in [1.82, 2.24) is 5.32 Å². The molecule has 0 rings (SSSR count). The van der Waals surface area contributed by atoms with Crippen LogP contribution < -0.4 is 11.1 Å². The normalized spacial score (nSPS) is 15.8. The first-order valence-electron chi connectivity index (χ1n) is 2.24. The van der Waals surface area contributed by atoms with Crippen LogP contribution >= 0.6 is 0 Å². The third-order valence-corrected chi connectivity index (χ3v) is 0.803. The van der Waals surface area contributed by atoms with Crippen LogP contribution in [0.1, 0.15) is 6.92 Å². The molecule has 0 saturated carbocycles. The molecule has 4 N–H and O–H groups in total. The molecule has 0 aromatic carbocycles. The number of carbonyl (C=O) groups is 2. The average Bonchev–Trinajstić information content (AvgIpc) is 1.65. The molecule has 5 nitrogen and oxygen atoms in total. The van der Waals surface area contributed by atoms with Crippen molar-refractivity contribution >= 4 is 12.4 Å². The predicted octanol–water partition coefficient (Wildman–Crippen LogP) is -1.51. The van der Waals surface area contributed by atoms with E-state index in [2.05, 4.69) is 0 Å². The number of carbonyl (C=O) groups excluding carboxylic acids is 1. The van der Waals surface area contributed by atoms with Crippen LogP contribution in [0.15, 0.2) is 0 Å². The van der Waals surface area contributed by atoms with E-state index in [1.165, 1.54) is 6.92 Å². The molecule has 52 valence electrons. The molecule has 1 atom stereocenters. The highest BCUT2D eigenvalue weighted by molar-refractivity contribution is 5.79. The van der Waals surface area contributed by atoms with E-state index >= 15 is 0 Å². The minimum atomic E-state index is -1.65. The van der Waals surface area contributed by atoms with Gasteiger partial charge in [0.2, 0.25) is 6.41 Å². The molecular weight excluding hydrogens is 124 g/mol. The highest BCUT2D eigenvalue weighted by Gasteiger charge is 2.26. The fourth-order valence-electron chi connectivity index (χ4n) is 0.184. The lowest BCUT2D eigenvalue weighted by Gasteiger charge is -2.16. The fraction of sp³-hybridized carbons (Fsp3) is 0.500. The zero-order valence-corrected chi connectivity index (χ0v) is 4.92. The molecule has 1 unspecified atom stereocenters. The van der Waals surface area contributed by atoms with Crippen molar-refractivity contribution < 1.29 is 14.7 Å². The molecule has 0 aliphatic rings. The van der Waals surface area contributed by atoms with Gasteiger partial charge < -0.3 is 10.4 Å². The van der Waals surface area contributed by atoms with Gasteiger partial charge in [0.15, 0.2) is 5.66 Å². The second-order valence-corrected chi connectivity index (χ2v) is 1.77. The predicted molar refractivity (Wildman–Crippen MR) is 29.4 cm³/mol. The molecule has 0 aliphatic carbocycles. The third kappa shape index (κ3) is 2.09. The van der Waals surface area contributed by atoms with Crippen LogP contribution in [0.4, 0.5) is 0 Å². The van der Waals surface area contributed by atoms with E-state index in [4.69, 9.17) is 10.8 Å². The lowest BCUT2D eigenvalue weighted by atomic mass is 10.2. The van der Waals surface area contributed by atoms with Crippen molar-refractivity contribution in [2.45, 2.75) is 12.6 Å². The van der Waals surface area contributed by atoms with Crippen LogP contribution in [0.3, 0.4) is 0 Å². The molecule has 0 heterocycles. The summed E-state index contributed by atoms with van der Waals surface area (Å²) in [6.45, 7) is 1.18. The van der Waals surface area contributed by atoms with Crippen molar-refractivity contribution in [3.63, 3.8) is 0 Å². The Bertz CT molecular complexity index is 132. The van der Waals surface area contributed by atoms with Gasteiger partial charge in [-0.1, -0.05) is 0 Å². The summed E-state index contributed by atoms with van der Waals surface area (Å²) in [4.78, 5) is 19.7. The topological polar surface area (TPSA) is 92.4 Å². The summed E-state index contributed by atoms with van der Waals surface area (Å²) in [6, 6.07) is 0. The van der Waals surface area contributed by atoms with Gasteiger partial charge in [0.1, 0.15) is 0 Å². The first kappa shape index (κ1) is 7.90. The van der Waals surface area contributed by atoms with Crippen LogP contribution in [-0.2, 0) is 9.59 Å². The molecule has 1 amide bonds. The summed E-state index contributed by atoms with van der Waals surface area (Å²) >= 11 is 0. The molecule has 0 aromatic rings. The van der Waals surface area contributed by atoms with E-state index in [0.717, 1.165) is 0 Å². The zero-order valence-electron chi connectivity index (χ0n) is 4.92. The van der Waals surface area contributed by atoms with Gasteiger partial charge in [-0.05, 0) is 6.92 Å². The standard InChI is InChI=1S/C4H8N2O3/c1-4(5,3(8)9)6-2-7/h2H,5H2,1H3,(H,6,7)(H,8,9). The quantitative estimate of drug-likeness (QED) is 0.321. The summed E-state index contributed by atoms with van der Waals surface area (Å²) in [5.74, 6) is -1.27. The molecule has 0 fully saturated rings. The summed E-state index contributed by atoms with van der Waals surface area (Å²) < 4.78 is 0. The van der Waals surface area contributed by atoms with Crippen molar-refractivity contribution in [2.24, 2.45) is 5.73 Å². The maximum Gasteiger partial charge on any atom is 0.344 e. The number of aliphatic carboxylic acids is 1. The fourth-order valence-corrected chi connectivity index (χ4v) is 0.184. The van der Waals surface area contributed by atoms with Gasteiger partial charge in [0.05, 0.1) is 0 Å². The van der Waals surface area contributed by atoms with Crippen molar-refractivity contribution in [2.75, 3.05) is 0 Å². The Morgan fingerprint density at radius 2 is 2.33 bits per heavy atom. The molecular formula is C4H8N2O3. The van der Waals surface area contributed by atoms with Crippen molar-refractivity contribution in [3.05, 3.63) is 0 Å². The highest BCUT2D eigenvalue weighted by Crippen LogP contribution is 1.89. The van der Waals surface area contributed by atoms with Gasteiger partial charge >= 0.3 is 5.97 Å². The number of carboxylic acid groups (broad SMARTS) is 1. The summed E-state index contributed by atoms with van der Waals surface area (Å²) in [6.07, 6.45) is 0.244. The maximum atomic E-state index is 10.1. The third-order valence-electron chi connectivity index (χ3n) is 0.803. The molecule has 0 aromatic heterocycles. The van der Waals surface area contributed by atoms with E-state index in [-0.39, 0.29) is 6.41 Å². The number of rotatable bonds is 3. The average molecular weight is 132 g/mol. The number of carboxylic acids is 1. The van der Waals surface area contributed by atoms with E-state index in [0.29, 0.717) is 0 Å². The Kier molecular flexibility index (Phi) is 2.15. The second-order valence-electron chi connectivity index (χ2n) is 1.77. The van der Waals surface area contributed by atoms with Gasteiger partial charge in [-0.25, -0.2) is 4.79 Å². The molecule has 9 heavy (non-hydrogen) atoms.